The summed E-state index contributed by atoms with van der Waals surface area (Å²) in [5.74, 6) is -1.55. The van der Waals surface area contributed by atoms with Crippen molar-refractivity contribution in [2.24, 2.45) is 10.8 Å². The number of rotatable bonds is 3. The van der Waals surface area contributed by atoms with Gasteiger partial charge in [-0.3, -0.25) is 9.78 Å². The molecule has 1 aromatic carbocycles. The first-order valence-corrected chi connectivity index (χ1v) is 9.36. The Morgan fingerprint density at radius 3 is 2.40 bits per heavy atom. The number of aromatic nitrogens is 2. The monoisotopic (exact) mass is 415 g/mol. The standard InChI is InChI=1S/C19H19F2N7O2/c20-13-7-12(8-14(21)9-13)16-1-2-24-28(16)19(30)27-5-3-26(4-6-27)17-11-23-10-15(25-17)18(22)29/h2,7-11,16H,1,3-6H2,(H2,22,29)/t16-/m0/s1. The lowest BCUT2D eigenvalue weighted by Gasteiger charge is -2.37. The summed E-state index contributed by atoms with van der Waals surface area (Å²) in [6.07, 6.45) is 4.77. The lowest BCUT2D eigenvalue weighted by atomic mass is 10.0. The van der Waals surface area contributed by atoms with Crippen LogP contribution in [0.4, 0.5) is 19.4 Å². The first-order chi connectivity index (χ1) is 14.4. The van der Waals surface area contributed by atoms with E-state index in [-0.39, 0.29) is 11.7 Å². The van der Waals surface area contributed by atoms with Gasteiger partial charge in [-0.1, -0.05) is 0 Å². The van der Waals surface area contributed by atoms with Gasteiger partial charge in [0.05, 0.1) is 18.4 Å². The second-order valence-corrected chi connectivity index (χ2v) is 6.98. The largest absolute Gasteiger partial charge is 0.364 e. The van der Waals surface area contributed by atoms with Crippen LogP contribution in [-0.2, 0) is 0 Å². The van der Waals surface area contributed by atoms with Crippen molar-refractivity contribution >= 4 is 24.0 Å². The predicted molar refractivity (Wildman–Crippen MR) is 104 cm³/mol. The third-order valence-electron chi connectivity index (χ3n) is 5.04. The Hall–Kier alpha value is -3.63. The van der Waals surface area contributed by atoms with Gasteiger partial charge in [0.15, 0.2) is 0 Å². The Bertz CT molecular complexity index is 988. The maximum atomic E-state index is 13.6. The number of amides is 3. The number of primary amides is 1. The minimum absolute atomic E-state index is 0.0718. The van der Waals surface area contributed by atoms with Crippen LogP contribution in [-0.4, -0.2) is 64.2 Å². The molecule has 4 rings (SSSR count). The zero-order chi connectivity index (χ0) is 21.3. The summed E-state index contributed by atoms with van der Waals surface area (Å²) in [6.45, 7) is 1.72. The second kappa shape index (κ2) is 8.01. The number of hydrazone groups is 1. The number of piperazine rings is 1. The summed E-state index contributed by atoms with van der Waals surface area (Å²) in [6, 6.07) is 2.32. The average molecular weight is 415 g/mol. The van der Waals surface area contributed by atoms with Crippen LogP contribution in [0, 0.1) is 11.6 Å². The Morgan fingerprint density at radius 1 is 1.03 bits per heavy atom. The summed E-state index contributed by atoms with van der Waals surface area (Å²) in [7, 11) is 0. The fraction of sp³-hybridized carbons (Fsp3) is 0.316. The molecule has 0 bridgehead atoms. The molecule has 9 nitrogen and oxygen atoms in total. The van der Waals surface area contributed by atoms with E-state index in [0.29, 0.717) is 44.0 Å². The molecule has 1 atom stereocenters. The molecule has 0 spiro atoms. The molecule has 2 aromatic rings. The average Bonchev–Trinajstić information content (AvgIpc) is 3.23. The van der Waals surface area contributed by atoms with E-state index < -0.39 is 23.6 Å². The van der Waals surface area contributed by atoms with Crippen LogP contribution in [0.25, 0.3) is 0 Å². The van der Waals surface area contributed by atoms with Crippen molar-refractivity contribution in [1.82, 2.24) is 19.9 Å². The number of halogens is 2. The summed E-state index contributed by atoms with van der Waals surface area (Å²) in [4.78, 5) is 36.0. The first kappa shape index (κ1) is 19.7. The number of hydrogen-bond donors (Lipinski definition) is 1. The van der Waals surface area contributed by atoms with E-state index in [0.717, 1.165) is 6.07 Å². The highest BCUT2D eigenvalue weighted by Crippen LogP contribution is 2.30. The molecule has 11 heteroatoms. The Morgan fingerprint density at radius 2 is 1.73 bits per heavy atom. The number of carbonyl (C=O) groups is 2. The third-order valence-corrected chi connectivity index (χ3v) is 5.04. The number of anilines is 1. The van der Waals surface area contributed by atoms with Crippen LogP contribution in [0.3, 0.4) is 0 Å². The molecule has 2 aliphatic heterocycles. The van der Waals surface area contributed by atoms with Gasteiger partial charge in [0, 0.05) is 44.9 Å². The van der Waals surface area contributed by atoms with Crippen molar-refractivity contribution in [3.8, 4) is 0 Å². The van der Waals surface area contributed by atoms with Crippen molar-refractivity contribution in [3.05, 3.63) is 53.5 Å². The molecule has 3 heterocycles. The van der Waals surface area contributed by atoms with Crippen molar-refractivity contribution in [3.63, 3.8) is 0 Å². The van der Waals surface area contributed by atoms with E-state index in [9.17, 15) is 18.4 Å². The normalized spacial score (nSPS) is 18.7. The summed E-state index contributed by atoms with van der Waals surface area (Å²) in [5, 5.41) is 5.38. The molecular formula is C19H19F2N7O2. The zero-order valence-corrected chi connectivity index (χ0v) is 15.9. The van der Waals surface area contributed by atoms with Gasteiger partial charge in [0.1, 0.15) is 23.1 Å². The van der Waals surface area contributed by atoms with Crippen LogP contribution in [0.5, 0.6) is 0 Å². The minimum atomic E-state index is -0.697. The van der Waals surface area contributed by atoms with Gasteiger partial charge < -0.3 is 15.5 Å². The quantitative estimate of drug-likeness (QED) is 0.818. The number of nitrogens with zero attached hydrogens (tertiary/aromatic N) is 6. The molecule has 2 aliphatic rings. The Balaban J connectivity index is 1.43. The summed E-state index contributed by atoms with van der Waals surface area (Å²) in [5.41, 5.74) is 5.67. The van der Waals surface area contributed by atoms with Gasteiger partial charge in [-0.2, -0.15) is 5.10 Å². The highest BCUT2D eigenvalue weighted by atomic mass is 19.1. The molecule has 1 fully saturated rings. The van der Waals surface area contributed by atoms with Crippen molar-refractivity contribution in [2.45, 2.75) is 12.5 Å². The number of carbonyl (C=O) groups excluding carboxylic acids is 2. The maximum Gasteiger partial charge on any atom is 0.341 e. The SMILES string of the molecule is NC(=O)c1cncc(N2CCN(C(=O)N3N=CC[C@H]3c3cc(F)cc(F)c3)CC2)n1. The van der Waals surface area contributed by atoms with Crippen LogP contribution in [0.1, 0.15) is 28.5 Å². The lowest BCUT2D eigenvalue weighted by Crippen LogP contribution is -2.52. The van der Waals surface area contributed by atoms with Gasteiger partial charge in [-0.25, -0.2) is 23.6 Å². The minimum Gasteiger partial charge on any atom is -0.364 e. The van der Waals surface area contributed by atoms with Crippen molar-refractivity contribution < 1.29 is 18.4 Å². The Labute approximate surface area is 170 Å². The molecule has 30 heavy (non-hydrogen) atoms. The van der Waals surface area contributed by atoms with E-state index in [2.05, 4.69) is 15.1 Å². The molecular weight excluding hydrogens is 396 g/mol. The van der Waals surface area contributed by atoms with Crippen molar-refractivity contribution in [1.29, 1.82) is 0 Å². The molecule has 2 N–H and O–H groups in total. The first-order valence-electron chi connectivity index (χ1n) is 9.36. The highest BCUT2D eigenvalue weighted by Gasteiger charge is 2.33. The van der Waals surface area contributed by atoms with E-state index in [1.54, 1.807) is 11.1 Å². The summed E-state index contributed by atoms with van der Waals surface area (Å²) < 4.78 is 27.2. The molecule has 3 amide bonds. The van der Waals surface area contributed by atoms with Gasteiger partial charge >= 0.3 is 6.03 Å². The molecule has 0 unspecified atom stereocenters. The number of hydrogen-bond acceptors (Lipinski definition) is 6. The number of nitrogens with two attached hydrogens (primary N) is 1. The van der Waals surface area contributed by atoms with Gasteiger partial charge in [-0.05, 0) is 17.7 Å². The molecule has 0 aliphatic carbocycles. The fourth-order valence-electron chi connectivity index (χ4n) is 3.54. The summed E-state index contributed by atoms with van der Waals surface area (Å²) >= 11 is 0. The topological polar surface area (TPSA) is 108 Å². The second-order valence-electron chi connectivity index (χ2n) is 6.98. The van der Waals surface area contributed by atoms with Gasteiger partial charge in [-0.15, -0.1) is 0 Å². The smallest absolute Gasteiger partial charge is 0.341 e. The molecule has 1 saturated heterocycles. The van der Waals surface area contributed by atoms with Gasteiger partial charge in [0.2, 0.25) is 0 Å². The number of urea groups is 1. The predicted octanol–water partition coefficient (Wildman–Crippen LogP) is 1.53. The third kappa shape index (κ3) is 3.91. The van der Waals surface area contributed by atoms with Crippen LogP contribution >= 0.6 is 0 Å². The highest BCUT2D eigenvalue weighted by molar-refractivity contribution is 5.90. The van der Waals surface area contributed by atoms with E-state index >= 15 is 0 Å². The van der Waals surface area contributed by atoms with Crippen LogP contribution in [0.2, 0.25) is 0 Å². The molecule has 0 saturated carbocycles. The maximum absolute atomic E-state index is 13.6. The molecule has 1 aromatic heterocycles. The van der Waals surface area contributed by atoms with E-state index in [4.69, 9.17) is 5.73 Å². The van der Waals surface area contributed by atoms with Gasteiger partial charge in [0.25, 0.3) is 5.91 Å². The van der Waals surface area contributed by atoms with E-state index in [1.165, 1.54) is 29.5 Å². The Kier molecular flexibility index (Phi) is 5.25. The fourth-order valence-corrected chi connectivity index (χ4v) is 3.54. The number of benzene rings is 1. The van der Waals surface area contributed by atoms with Crippen molar-refractivity contribution in [2.75, 3.05) is 31.1 Å². The zero-order valence-electron chi connectivity index (χ0n) is 15.9. The van der Waals surface area contributed by atoms with Crippen LogP contribution in [0.15, 0.2) is 35.7 Å². The molecule has 0 radical (unpaired) electrons. The molecule has 156 valence electrons. The van der Waals surface area contributed by atoms with Crippen LogP contribution < -0.4 is 10.6 Å². The van der Waals surface area contributed by atoms with E-state index in [1.807, 2.05) is 4.90 Å². The lowest BCUT2D eigenvalue weighted by molar-refractivity contribution is 0.0995.